The highest BCUT2D eigenvalue weighted by Gasteiger charge is 2.37. The van der Waals surface area contributed by atoms with Crippen LogP contribution in [-0.2, 0) is 6.54 Å². The monoisotopic (exact) mass is 340 g/mol. The maximum atomic E-state index is 13.6. The predicted octanol–water partition coefficient (Wildman–Crippen LogP) is 3.86. The van der Waals surface area contributed by atoms with Gasteiger partial charge in [0, 0.05) is 28.4 Å². The van der Waals surface area contributed by atoms with Crippen molar-refractivity contribution in [1.29, 1.82) is 0 Å². The number of fused-ring (bicyclic) bond motifs is 3. The van der Waals surface area contributed by atoms with Gasteiger partial charge in [-0.2, -0.15) is 0 Å². The number of benzene rings is 2. The van der Waals surface area contributed by atoms with Crippen molar-refractivity contribution in [1.82, 2.24) is 4.57 Å². The zero-order valence-electron chi connectivity index (χ0n) is 12.7. The molecule has 1 aromatic heterocycles. The Morgan fingerprint density at radius 2 is 1.78 bits per heavy atom. The number of alkyl halides is 2. The zero-order valence-corrected chi connectivity index (χ0v) is 13.5. The van der Waals surface area contributed by atoms with E-state index in [2.05, 4.69) is 4.57 Å². The van der Waals surface area contributed by atoms with Gasteiger partial charge < -0.3 is 15.4 Å². The van der Waals surface area contributed by atoms with Gasteiger partial charge in [0.05, 0.1) is 6.04 Å². The molecule has 0 aliphatic carbocycles. The van der Waals surface area contributed by atoms with Crippen LogP contribution >= 0.6 is 12.4 Å². The first-order valence-corrected chi connectivity index (χ1v) is 7.24. The number of hydrogen-bond acceptors (Lipinski definition) is 2. The molecule has 0 fully saturated rings. The number of aliphatic hydroxyl groups is 1. The molecule has 3 N–H and O–H groups in total. The summed E-state index contributed by atoms with van der Waals surface area (Å²) >= 11 is 0. The third kappa shape index (κ3) is 2.80. The molecular formula is C17H19ClF2N2O. The highest BCUT2D eigenvalue weighted by molar-refractivity contribution is 6.08. The van der Waals surface area contributed by atoms with Gasteiger partial charge in [0.1, 0.15) is 6.61 Å². The molecule has 1 atom stereocenters. The molecule has 0 aliphatic rings. The van der Waals surface area contributed by atoms with Crippen LogP contribution in [0.5, 0.6) is 0 Å². The lowest BCUT2D eigenvalue weighted by atomic mass is 9.99. The molecule has 0 unspecified atom stereocenters. The van der Waals surface area contributed by atoms with Crippen molar-refractivity contribution in [2.45, 2.75) is 25.4 Å². The van der Waals surface area contributed by atoms with Crippen molar-refractivity contribution < 1.29 is 13.9 Å². The Hall–Kier alpha value is -1.69. The highest BCUT2D eigenvalue weighted by Crippen LogP contribution is 2.34. The fraction of sp³-hybridized carbons (Fsp3) is 0.294. The first kappa shape index (κ1) is 17.7. The minimum atomic E-state index is -3.34. The van der Waals surface area contributed by atoms with Gasteiger partial charge >= 0.3 is 0 Å². The van der Waals surface area contributed by atoms with Gasteiger partial charge in [0.25, 0.3) is 5.92 Å². The number of aliphatic hydroxyl groups excluding tert-OH is 1. The van der Waals surface area contributed by atoms with Crippen LogP contribution in [0.3, 0.4) is 0 Å². The second kappa shape index (κ2) is 6.43. The Kier molecular flexibility index (Phi) is 4.94. The standard InChI is InChI=1S/C17H18F2N2O.ClH/c1-2-21-14-6-4-3-5-12(14)13-9-11(7-8-15(13)21)16(20)17(18,19)10-22;/h3-9,16,22H,2,10,20H2,1H3;1H/t16-;/m1./s1. The maximum absolute atomic E-state index is 13.6. The number of para-hydroxylation sites is 1. The highest BCUT2D eigenvalue weighted by atomic mass is 35.5. The molecule has 3 nitrogen and oxygen atoms in total. The van der Waals surface area contributed by atoms with Gasteiger partial charge in [0.2, 0.25) is 0 Å². The largest absolute Gasteiger partial charge is 0.390 e. The molecule has 3 rings (SSSR count). The van der Waals surface area contributed by atoms with E-state index in [0.717, 1.165) is 28.4 Å². The van der Waals surface area contributed by atoms with Crippen LogP contribution in [0.1, 0.15) is 18.5 Å². The topological polar surface area (TPSA) is 51.2 Å². The number of aromatic nitrogens is 1. The Morgan fingerprint density at radius 1 is 1.13 bits per heavy atom. The maximum Gasteiger partial charge on any atom is 0.289 e. The Balaban J connectivity index is 0.00000192. The summed E-state index contributed by atoms with van der Waals surface area (Å²) in [5.41, 5.74) is 8.03. The summed E-state index contributed by atoms with van der Waals surface area (Å²) in [5.74, 6) is -3.34. The third-order valence-electron chi connectivity index (χ3n) is 4.14. The quantitative estimate of drug-likeness (QED) is 0.757. The van der Waals surface area contributed by atoms with E-state index in [1.165, 1.54) is 0 Å². The lowest BCUT2D eigenvalue weighted by Crippen LogP contribution is -2.36. The number of nitrogens with zero attached hydrogens (tertiary/aromatic N) is 1. The molecule has 0 saturated heterocycles. The number of rotatable bonds is 4. The van der Waals surface area contributed by atoms with Gasteiger partial charge in [0.15, 0.2) is 0 Å². The molecular weight excluding hydrogens is 322 g/mol. The van der Waals surface area contributed by atoms with Crippen molar-refractivity contribution in [2.24, 2.45) is 5.73 Å². The fourth-order valence-electron chi connectivity index (χ4n) is 2.95. The smallest absolute Gasteiger partial charge is 0.289 e. The van der Waals surface area contributed by atoms with E-state index in [9.17, 15) is 8.78 Å². The van der Waals surface area contributed by atoms with Crippen LogP contribution in [0, 0.1) is 0 Å². The number of aryl methyl sites for hydroxylation is 1. The van der Waals surface area contributed by atoms with Crippen molar-refractivity contribution >= 4 is 34.2 Å². The van der Waals surface area contributed by atoms with Crippen LogP contribution in [0.25, 0.3) is 21.8 Å². The van der Waals surface area contributed by atoms with E-state index < -0.39 is 18.6 Å². The average Bonchev–Trinajstić information content (AvgIpc) is 2.87. The summed E-state index contributed by atoms with van der Waals surface area (Å²) in [6.07, 6.45) is 0. The first-order chi connectivity index (χ1) is 10.5. The first-order valence-electron chi connectivity index (χ1n) is 7.24. The van der Waals surface area contributed by atoms with Crippen molar-refractivity contribution in [2.75, 3.05) is 6.61 Å². The van der Waals surface area contributed by atoms with E-state index in [-0.39, 0.29) is 12.4 Å². The Morgan fingerprint density at radius 3 is 2.43 bits per heavy atom. The normalized spacial score (nSPS) is 13.3. The molecule has 0 saturated carbocycles. The number of halogens is 3. The molecule has 6 heteroatoms. The van der Waals surface area contributed by atoms with Gasteiger partial charge in [-0.25, -0.2) is 8.78 Å². The van der Waals surface area contributed by atoms with Crippen LogP contribution in [0.4, 0.5) is 8.78 Å². The van der Waals surface area contributed by atoms with Crippen molar-refractivity contribution in [3.05, 3.63) is 48.0 Å². The lowest BCUT2D eigenvalue weighted by Gasteiger charge is -2.21. The molecule has 0 spiro atoms. The summed E-state index contributed by atoms with van der Waals surface area (Å²) in [6.45, 7) is 1.58. The Labute approximate surface area is 139 Å². The van der Waals surface area contributed by atoms with Gasteiger partial charge in [-0.05, 0) is 30.7 Å². The molecule has 0 aliphatic heterocycles. The third-order valence-corrected chi connectivity index (χ3v) is 4.14. The van der Waals surface area contributed by atoms with Crippen LogP contribution in [0.15, 0.2) is 42.5 Å². The van der Waals surface area contributed by atoms with Gasteiger partial charge in [-0.15, -0.1) is 12.4 Å². The summed E-state index contributed by atoms with van der Waals surface area (Å²) in [6, 6.07) is 11.5. The van der Waals surface area contributed by atoms with E-state index in [1.54, 1.807) is 12.1 Å². The molecule has 124 valence electrons. The lowest BCUT2D eigenvalue weighted by molar-refractivity contribution is -0.0711. The van der Waals surface area contributed by atoms with E-state index in [4.69, 9.17) is 10.8 Å². The summed E-state index contributed by atoms with van der Waals surface area (Å²) in [5, 5.41) is 10.7. The summed E-state index contributed by atoms with van der Waals surface area (Å²) < 4.78 is 29.4. The predicted molar refractivity (Wildman–Crippen MR) is 91.3 cm³/mol. The number of nitrogens with two attached hydrogens (primary N) is 1. The van der Waals surface area contributed by atoms with Crippen LogP contribution in [0.2, 0.25) is 0 Å². The van der Waals surface area contributed by atoms with E-state index in [0.29, 0.717) is 5.56 Å². The minimum Gasteiger partial charge on any atom is -0.390 e. The van der Waals surface area contributed by atoms with Gasteiger partial charge in [-0.3, -0.25) is 0 Å². The van der Waals surface area contributed by atoms with E-state index in [1.807, 2.05) is 37.3 Å². The minimum absolute atomic E-state index is 0. The fourth-order valence-corrected chi connectivity index (χ4v) is 2.95. The Bertz CT molecular complexity index is 832. The molecule has 2 aromatic carbocycles. The van der Waals surface area contributed by atoms with Crippen LogP contribution < -0.4 is 5.73 Å². The SMILES string of the molecule is CCn1c2ccccc2c2cc([C@@H](N)C(F)(F)CO)ccc21.Cl. The zero-order chi connectivity index (χ0) is 15.9. The second-order valence-electron chi connectivity index (χ2n) is 5.43. The summed E-state index contributed by atoms with van der Waals surface area (Å²) in [4.78, 5) is 0. The molecule has 3 aromatic rings. The molecule has 0 bridgehead atoms. The average molecular weight is 341 g/mol. The van der Waals surface area contributed by atoms with Crippen molar-refractivity contribution in [3.8, 4) is 0 Å². The van der Waals surface area contributed by atoms with E-state index >= 15 is 0 Å². The van der Waals surface area contributed by atoms with Crippen LogP contribution in [-0.4, -0.2) is 22.2 Å². The van der Waals surface area contributed by atoms with Gasteiger partial charge in [-0.1, -0.05) is 24.3 Å². The second-order valence-corrected chi connectivity index (χ2v) is 5.43. The molecule has 0 amide bonds. The molecule has 0 radical (unpaired) electrons. The summed E-state index contributed by atoms with van der Waals surface area (Å²) in [7, 11) is 0. The molecule has 1 heterocycles. The van der Waals surface area contributed by atoms with Crippen molar-refractivity contribution in [3.63, 3.8) is 0 Å². The number of hydrogen-bond donors (Lipinski definition) is 2. The molecule has 23 heavy (non-hydrogen) atoms.